The number of hydrogen-bond donors (Lipinski definition) is 0. The molecule has 57 valence electrons. The van der Waals surface area contributed by atoms with Gasteiger partial charge in [-0.2, -0.15) is 0 Å². The van der Waals surface area contributed by atoms with Crippen LogP contribution in [0.5, 0.6) is 0 Å². The maximum Gasteiger partial charge on any atom is 0 e. The Morgan fingerprint density at radius 2 is 2.09 bits per heavy atom. The van der Waals surface area contributed by atoms with Gasteiger partial charge in [-0.3, -0.25) is 0 Å². The molecule has 0 aliphatic carbocycles. The Labute approximate surface area is 109 Å². The Balaban J connectivity index is 0.000001000. The van der Waals surface area contributed by atoms with Gasteiger partial charge < -0.3 is 4.90 Å². The average molecular weight is 353 g/mol. The summed E-state index contributed by atoms with van der Waals surface area (Å²) in [6.07, 6.45) is 4.93. The van der Waals surface area contributed by atoms with Gasteiger partial charge in [-0.1, -0.05) is 53.2 Å². The minimum atomic E-state index is 0. The number of hydrogen-bond acceptors (Lipinski definition) is 1. The van der Waals surface area contributed by atoms with E-state index in [0.717, 1.165) is 14.5 Å². The molecule has 11 heavy (non-hydrogen) atoms. The molecule has 0 fully saturated rings. The molecule has 1 radical (unpaired) electrons. The van der Waals surface area contributed by atoms with Crippen molar-refractivity contribution in [1.29, 1.82) is 0 Å². The fourth-order valence-electron chi connectivity index (χ4n) is 0.607. The molecule has 0 bridgehead atoms. The minimum Gasteiger partial charge on any atom is -0.462 e. The molecule has 4 heteroatoms. The van der Waals surface area contributed by atoms with Crippen molar-refractivity contribution in [1.82, 2.24) is 4.90 Å². The molecule has 0 unspecified atom stereocenters. The van der Waals surface area contributed by atoms with E-state index in [9.17, 15) is 0 Å². The van der Waals surface area contributed by atoms with Crippen molar-refractivity contribution >= 4 is 31.9 Å². The van der Waals surface area contributed by atoms with Gasteiger partial charge in [0.25, 0.3) is 0 Å². The molecule has 0 amide bonds. The molecular weight excluding hydrogens is 347 g/mol. The normalized spacial score (nSPS) is 17.0. The molecule has 0 aromatic carbocycles. The van der Waals surface area contributed by atoms with Crippen LogP contribution in [0, 0.1) is 6.20 Å². The van der Waals surface area contributed by atoms with E-state index >= 15 is 0 Å². The summed E-state index contributed by atoms with van der Waals surface area (Å²) in [5.74, 6) is 0. The van der Waals surface area contributed by atoms with Crippen molar-refractivity contribution in [3.8, 4) is 0 Å². The topological polar surface area (TPSA) is 3.24 Å². The van der Waals surface area contributed by atoms with E-state index in [0.29, 0.717) is 0 Å². The summed E-state index contributed by atoms with van der Waals surface area (Å²) in [6, 6.07) is 0. The third-order valence-corrected chi connectivity index (χ3v) is 2.47. The Morgan fingerprint density at radius 1 is 1.55 bits per heavy atom. The minimum absolute atomic E-state index is 0. The molecule has 1 heterocycles. The van der Waals surface area contributed by atoms with Gasteiger partial charge in [0.15, 0.2) is 0 Å². The third kappa shape index (κ3) is 3.13. The first kappa shape index (κ1) is 12.1. The Morgan fingerprint density at radius 3 is 2.55 bits per heavy atom. The Kier molecular flexibility index (Phi) is 5.44. The number of allylic oxidation sites excluding steroid dienone is 3. The smallest absolute Gasteiger partial charge is 0 e. The average Bonchev–Trinajstić information content (AvgIpc) is 1.82. The molecule has 0 saturated heterocycles. The van der Waals surface area contributed by atoms with Crippen molar-refractivity contribution in [2.24, 2.45) is 0 Å². The van der Waals surface area contributed by atoms with Crippen LogP contribution in [0.15, 0.2) is 27.3 Å². The summed E-state index contributed by atoms with van der Waals surface area (Å²) in [5, 5.41) is 0. The summed E-state index contributed by atoms with van der Waals surface area (Å²) in [6.45, 7) is 3.82. The quantitative estimate of drug-likeness (QED) is 0.606. The van der Waals surface area contributed by atoms with Crippen molar-refractivity contribution in [2.75, 3.05) is 7.05 Å². The standard InChI is InChI=1S/C7H6Br2N.Y/c1-5-6(8)3-10(2)4-7(5)9;/h3H,1H2,2H3;/q-1;. The first-order valence-corrected chi connectivity index (χ1v) is 4.29. The van der Waals surface area contributed by atoms with Crippen molar-refractivity contribution in [2.45, 2.75) is 0 Å². The fourth-order valence-corrected chi connectivity index (χ4v) is 1.87. The zero-order valence-corrected chi connectivity index (χ0v) is 12.1. The van der Waals surface area contributed by atoms with E-state index < -0.39 is 0 Å². The van der Waals surface area contributed by atoms with Crippen LogP contribution in [0.3, 0.4) is 0 Å². The zero-order chi connectivity index (χ0) is 7.72. The molecule has 0 aromatic heterocycles. The van der Waals surface area contributed by atoms with E-state index in [1.54, 1.807) is 0 Å². The molecule has 0 spiro atoms. The predicted molar refractivity (Wildman–Crippen MR) is 49.6 cm³/mol. The second-order valence-corrected chi connectivity index (χ2v) is 3.64. The zero-order valence-electron chi connectivity index (χ0n) is 6.06. The van der Waals surface area contributed by atoms with Crippen LogP contribution in [0.4, 0.5) is 0 Å². The van der Waals surface area contributed by atoms with Crippen LogP contribution in [0.25, 0.3) is 0 Å². The first-order chi connectivity index (χ1) is 4.61. The maximum atomic E-state index is 3.82. The van der Waals surface area contributed by atoms with Gasteiger partial charge in [0.1, 0.15) is 0 Å². The predicted octanol–water partition coefficient (Wildman–Crippen LogP) is 2.76. The second-order valence-electron chi connectivity index (χ2n) is 1.99. The van der Waals surface area contributed by atoms with Crippen LogP contribution in [-0.2, 0) is 32.7 Å². The maximum absolute atomic E-state index is 3.82. The largest absolute Gasteiger partial charge is 0.462 e. The number of halogens is 2. The van der Waals surface area contributed by atoms with Gasteiger partial charge in [-0.05, 0) is 7.05 Å². The first-order valence-electron chi connectivity index (χ1n) is 2.70. The summed E-state index contributed by atoms with van der Waals surface area (Å²) >= 11 is 6.69. The summed E-state index contributed by atoms with van der Waals surface area (Å²) in [7, 11) is 1.91. The molecule has 1 nitrogen and oxygen atoms in total. The monoisotopic (exact) mass is 351 g/mol. The molecule has 0 N–H and O–H groups in total. The molecular formula is C7H6Br2NY-. The van der Waals surface area contributed by atoms with Crippen LogP contribution in [0.2, 0.25) is 0 Å². The summed E-state index contributed by atoms with van der Waals surface area (Å²) in [5.41, 5.74) is 0.929. The van der Waals surface area contributed by atoms with Gasteiger partial charge in [-0.25, -0.2) is 0 Å². The van der Waals surface area contributed by atoms with E-state index in [-0.39, 0.29) is 32.7 Å². The van der Waals surface area contributed by atoms with Gasteiger partial charge in [-0.15, -0.1) is 12.2 Å². The van der Waals surface area contributed by atoms with Crippen LogP contribution >= 0.6 is 31.9 Å². The Bertz CT molecular complexity index is 211. The van der Waals surface area contributed by atoms with Crippen molar-refractivity contribution in [3.63, 3.8) is 0 Å². The van der Waals surface area contributed by atoms with Gasteiger partial charge >= 0.3 is 0 Å². The van der Waals surface area contributed by atoms with Crippen LogP contribution < -0.4 is 0 Å². The summed E-state index contributed by atoms with van der Waals surface area (Å²) in [4.78, 5) is 1.84. The van der Waals surface area contributed by atoms with Gasteiger partial charge in [0, 0.05) is 32.7 Å². The van der Waals surface area contributed by atoms with Gasteiger partial charge in [0.05, 0.1) is 0 Å². The molecule has 1 aliphatic heterocycles. The van der Waals surface area contributed by atoms with E-state index in [1.807, 2.05) is 18.1 Å². The van der Waals surface area contributed by atoms with Crippen molar-refractivity contribution < 1.29 is 32.7 Å². The van der Waals surface area contributed by atoms with Crippen molar-refractivity contribution in [3.05, 3.63) is 33.5 Å². The number of nitrogens with zero attached hydrogens (tertiary/aromatic N) is 1. The molecule has 0 saturated carbocycles. The van der Waals surface area contributed by atoms with Crippen LogP contribution in [-0.4, -0.2) is 11.9 Å². The molecule has 0 atom stereocenters. The van der Waals surface area contributed by atoms with E-state index in [2.05, 4.69) is 44.6 Å². The Hall–Kier alpha value is 1.08. The summed E-state index contributed by atoms with van der Waals surface area (Å²) < 4.78 is 1.88. The van der Waals surface area contributed by atoms with Gasteiger partial charge in [0.2, 0.25) is 0 Å². The number of rotatable bonds is 0. The molecule has 0 aromatic rings. The second kappa shape index (κ2) is 4.95. The van der Waals surface area contributed by atoms with E-state index in [1.165, 1.54) is 0 Å². The van der Waals surface area contributed by atoms with Crippen LogP contribution in [0.1, 0.15) is 0 Å². The third-order valence-electron chi connectivity index (χ3n) is 1.13. The molecule has 1 aliphatic rings. The fraction of sp³-hybridized carbons (Fsp3) is 0.143. The SMILES string of the molecule is C=C1C(Br)=[C-]N(C)C=C1Br.[Y]. The molecule has 1 rings (SSSR count). The van der Waals surface area contributed by atoms with E-state index in [4.69, 9.17) is 0 Å².